The van der Waals surface area contributed by atoms with E-state index in [-0.39, 0.29) is 5.78 Å². The number of alkyl halides is 4. The molecule has 1 aliphatic carbocycles. The van der Waals surface area contributed by atoms with Crippen LogP contribution in [0, 0.1) is 0 Å². The van der Waals surface area contributed by atoms with Crippen LogP contribution in [0.1, 0.15) is 10.4 Å². The lowest BCUT2D eigenvalue weighted by atomic mass is 9.97. The second kappa shape index (κ2) is 4.90. The molecular formula is C13H8Cl4O. The number of halogens is 4. The largest absolute Gasteiger partial charge is 0.289 e. The molecule has 1 aromatic rings. The lowest BCUT2D eigenvalue weighted by molar-refractivity contribution is 0.103. The van der Waals surface area contributed by atoms with Gasteiger partial charge in [-0.25, -0.2) is 0 Å². The molecule has 0 spiro atoms. The molecule has 0 aliphatic heterocycles. The van der Waals surface area contributed by atoms with Crippen molar-refractivity contribution in [3.63, 3.8) is 0 Å². The van der Waals surface area contributed by atoms with Gasteiger partial charge in [0.1, 0.15) is 0 Å². The molecule has 94 valence electrons. The molecule has 18 heavy (non-hydrogen) atoms. The Balaban J connectivity index is 2.35. The van der Waals surface area contributed by atoms with Crippen LogP contribution in [0.5, 0.6) is 0 Å². The lowest BCUT2D eigenvalue weighted by Gasteiger charge is -2.30. The smallest absolute Gasteiger partial charge is 0.192 e. The highest BCUT2D eigenvalue weighted by atomic mass is 35.5. The molecule has 2 rings (SSSR count). The molecule has 0 unspecified atom stereocenters. The predicted octanol–water partition coefficient (Wildman–Crippen LogP) is 4.71. The van der Waals surface area contributed by atoms with Gasteiger partial charge in [0.05, 0.1) is 0 Å². The van der Waals surface area contributed by atoms with Crippen LogP contribution in [0.25, 0.3) is 0 Å². The van der Waals surface area contributed by atoms with Crippen molar-refractivity contribution in [2.45, 2.75) is 8.67 Å². The van der Waals surface area contributed by atoms with Crippen molar-refractivity contribution < 1.29 is 4.79 Å². The van der Waals surface area contributed by atoms with Gasteiger partial charge in [0, 0.05) is 11.1 Å². The van der Waals surface area contributed by atoms with Crippen LogP contribution in [0.4, 0.5) is 0 Å². The molecule has 0 radical (unpaired) electrons. The summed E-state index contributed by atoms with van der Waals surface area (Å²) in [6, 6.07) is 8.82. The van der Waals surface area contributed by atoms with Gasteiger partial charge in [-0.2, -0.15) is 0 Å². The number of benzene rings is 1. The summed E-state index contributed by atoms with van der Waals surface area (Å²) in [6.07, 6.45) is 4.30. The zero-order chi connectivity index (χ0) is 13.4. The second-order valence-electron chi connectivity index (χ2n) is 3.87. The fraction of sp³-hybridized carbons (Fsp3) is 0.154. The zero-order valence-electron chi connectivity index (χ0n) is 9.04. The molecule has 0 N–H and O–H groups in total. The third-order valence-electron chi connectivity index (χ3n) is 2.55. The first-order chi connectivity index (χ1) is 8.33. The summed E-state index contributed by atoms with van der Waals surface area (Å²) in [6.45, 7) is 0. The minimum absolute atomic E-state index is 0.179. The average Bonchev–Trinajstić information content (AvgIpc) is 2.33. The number of hydrogen-bond donors (Lipinski definition) is 0. The van der Waals surface area contributed by atoms with Crippen molar-refractivity contribution in [1.29, 1.82) is 0 Å². The summed E-state index contributed by atoms with van der Waals surface area (Å²) in [5.74, 6) is -0.179. The highest BCUT2D eigenvalue weighted by molar-refractivity contribution is 6.64. The van der Waals surface area contributed by atoms with Gasteiger partial charge in [-0.15, -0.1) is 0 Å². The van der Waals surface area contributed by atoms with Gasteiger partial charge in [0.15, 0.2) is 14.4 Å². The van der Waals surface area contributed by atoms with E-state index in [2.05, 4.69) is 0 Å². The molecule has 0 bridgehead atoms. The normalized spacial score (nSPS) is 20.3. The van der Waals surface area contributed by atoms with Gasteiger partial charge in [0.25, 0.3) is 0 Å². The van der Waals surface area contributed by atoms with Crippen molar-refractivity contribution in [2.24, 2.45) is 0 Å². The van der Waals surface area contributed by atoms with Crippen LogP contribution >= 0.6 is 46.4 Å². The highest BCUT2D eigenvalue weighted by Crippen LogP contribution is 2.47. The number of carbonyl (C=O) groups is 1. The van der Waals surface area contributed by atoms with Crippen LogP contribution in [0.15, 0.2) is 54.1 Å². The monoisotopic (exact) mass is 320 g/mol. The van der Waals surface area contributed by atoms with E-state index in [0.717, 1.165) is 0 Å². The maximum atomic E-state index is 12.2. The Bertz CT molecular complexity index is 529. The van der Waals surface area contributed by atoms with E-state index in [0.29, 0.717) is 11.1 Å². The van der Waals surface area contributed by atoms with Crippen LogP contribution in [0.2, 0.25) is 0 Å². The number of carbonyl (C=O) groups excluding carboxylic acids is 1. The summed E-state index contributed by atoms with van der Waals surface area (Å²) in [7, 11) is 0. The molecule has 1 aromatic carbocycles. The Hall–Kier alpha value is -0.470. The fourth-order valence-electron chi connectivity index (χ4n) is 1.54. The number of ketones is 1. The Morgan fingerprint density at radius 2 is 1.56 bits per heavy atom. The van der Waals surface area contributed by atoms with Crippen LogP contribution in [-0.4, -0.2) is 14.4 Å². The van der Waals surface area contributed by atoms with Gasteiger partial charge in [-0.3, -0.25) is 4.79 Å². The van der Waals surface area contributed by atoms with E-state index >= 15 is 0 Å². The minimum Gasteiger partial charge on any atom is -0.289 e. The first-order valence-electron chi connectivity index (χ1n) is 5.11. The first kappa shape index (κ1) is 14.0. The molecule has 0 fully saturated rings. The van der Waals surface area contributed by atoms with E-state index in [9.17, 15) is 4.79 Å². The summed E-state index contributed by atoms with van der Waals surface area (Å²) in [5.41, 5.74) is 0.914. The molecule has 0 heterocycles. The van der Waals surface area contributed by atoms with Crippen molar-refractivity contribution in [2.75, 3.05) is 0 Å². The fourth-order valence-corrected chi connectivity index (χ4v) is 2.14. The molecular weight excluding hydrogens is 314 g/mol. The lowest BCUT2D eigenvalue weighted by Crippen LogP contribution is -2.35. The number of Topliss-reactive ketones (excluding diaryl/α,β-unsaturated/α-hetero) is 1. The highest BCUT2D eigenvalue weighted by Gasteiger charge is 2.46. The van der Waals surface area contributed by atoms with Gasteiger partial charge in [0.2, 0.25) is 0 Å². The molecule has 1 nitrogen and oxygen atoms in total. The van der Waals surface area contributed by atoms with E-state index in [1.165, 1.54) is 18.2 Å². The number of rotatable bonds is 2. The standard InChI is InChI=1S/C13H8Cl4O/c14-12(15)7-6-10(8-13(12,16)17)11(18)9-4-2-1-3-5-9/h1-8H. The molecule has 0 atom stereocenters. The maximum absolute atomic E-state index is 12.2. The third-order valence-corrected chi connectivity index (χ3v) is 4.60. The zero-order valence-corrected chi connectivity index (χ0v) is 12.1. The average molecular weight is 322 g/mol. The third kappa shape index (κ3) is 2.60. The quantitative estimate of drug-likeness (QED) is 0.569. The predicted molar refractivity (Wildman–Crippen MR) is 76.9 cm³/mol. The molecule has 1 aliphatic rings. The van der Waals surface area contributed by atoms with Crippen molar-refractivity contribution >= 4 is 52.2 Å². The van der Waals surface area contributed by atoms with E-state index < -0.39 is 8.67 Å². The molecule has 0 aromatic heterocycles. The van der Waals surface area contributed by atoms with Gasteiger partial charge >= 0.3 is 0 Å². The molecule has 5 heteroatoms. The van der Waals surface area contributed by atoms with Gasteiger partial charge < -0.3 is 0 Å². The van der Waals surface area contributed by atoms with E-state index in [1.807, 2.05) is 6.07 Å². The molecule has 0 saturated carbocycles. The van der Waals surface area contributed by atoms with Gasteiger partial charge in [-0.05, 0) is 12.2 Å². The number of allylic oxidation sites excluding steroid dienone is 4. The Morgan fingerprint density at radius 1 is 0.944 bits per heavy atom. The molecule has 0 saturated heterocycles. The SMILES string of the molecule is O=C(C1=CC(Cl)(Cl)C(Cl)(Cl)C=C1)c1ccccc1. The minimum atomic E-state index is -1.54. The van der Waals surface area contributed by atoms with Gasteiger partial charge in [-0.1, -0.05) is 82.8 Å². The Labute approximate surface area is 125 Å². The summed E-state index contributed by atoms with van der Waals surface area (Å²) in [5, 5.41) is 0. The van der Waals surface area contributed by atoms with E-state index in [1.54, 1.807) is 24.3 Å². The topological polar surface area (TPSA) is 17.1 Å². The van der Waals surface area contributed by atoms with Crippen LogP contribution in [0.3, 0.4) is 0 Å². The van der Waals surface area contributed by atoms with Crippen molar-refractivity contribution in [1.82, 2.24) is 0 Å². The summed E-state index contributed by atoms with van der Waals surface area (Å²) >= 11 is 23.9. The Kier molecular flexibility index (Phi) is 3.80. The number of hydrogen-bond acceptors (Lipinski definition) is 1. The summed E-state index contributed by atoms with van der Waals surface area (Å²) in [4.78, 5) is 12.2. The summed E-state index contributed by atoms with van der Waals surface area (Å²) < 4.78 is -2.98. The van der Waals surface area contributed by atoms with Crippen LogP contribution in [-0.2, 0) is 0 Å². The van der Waals surface area contributed by atoms with Crippen molar-refractivity contribution in [3.05, 3.63) is 59.7 Å². The Morgan fingerprint density at radius 3 is 2.11 bits per heavy atom. The molecule has 0 amide bonds. The second-order valence-corrected chi connectivity index (χ2v) is 6.65. The van der Waals surface area contributed by atoms with Crippen LogP contribution < -0.4 is 0 Å². The van der Waals surface area contributed by atoms with Crippen molar-refractivity contribution in [3.8, 4) is 0 Å². The maximum Gasteiger partial charge on any atom is 0.192 e. The van der Waals surface area contributed by atoms with E-state index in [4.69, 9.17) is 46.4 Å². The first-order valence-corrected chi connectivity index (χ1v) is 6.62.